The molecule has 0 saturated heterocycles. The van der Waals surface area contributed by atoms with Gasteiger partial charge in [0.05, 0.1) is 11.4 Å². The number of carbonyl (C=O) groups is 1. The van der Waals surface area contributed by atoms with Crippen molar-refractivity contribution in [3.8, 4) is 0 Å². The van der Waals surface area contributed by atoms with Gasteiger partial charge in [0.2, 0.25) is 0 Å². The first-order chi connectivity index (χ1) is 8.16. The monoisotopic (exact) mass is 233 g/mol. The van der Waals surface area contributed by atoms with Crippen molar-refractivity contribution >= 4 is 17.3 Å². The largest absolute Gasteiger partial charge is 0.397 e. The lowest BCUT2D eigenvalue weighted by Crippen LogP contribution is -2.36. The van der Waals surface area contributed by atoms with Crippen molar-refractivity contribution in [2.45, 2.75) is 38.1 Å². The highest BCUT2D eigenvalue weighted by atomic mass is 16.1. The molecule has 0 bridgehead atoms. The third-order valence-corrected chi connectivity index (χ3v) is 3.29. The van der Waals surface area contributed by atoms with Gasteiger partial charge in [-0.2, -0.15) is 0 Å². The minimum atomic E-state index is -0.0522. The molecule has 17 heavy (non-hydrogen) atoms. The van der Waals surface area contributed by atoms with Gasteiger partial charge in [-0.15, -0.1) is 0 Å². The molecule has 5 N–H and O–H groups in total. The zero-order valence-electron chi connectivity index (χ0n) is 9.91. The zero-order valence-corrected chi connectivity index (χ0v) is 9.91. The van der Waals surface area contributed by atoms with Crippen molar-refractivity contribution in [1.82, 2.24) is 5.32 Å². The van der Waals surface area contributed by atoms with Gasteiger partial charge in [-0.05, 0) is 31.0 Å². The van der Waals surface area contributed by atoms with E-state index in [1.807, 2.05) is 0 Å². The summed E-state index contributed by atoms with van der Waals surface area (Å²) in [7, 11) is 0. The summed E-state index contributed by atoms with van der Waals surface area (Å²) >= 11 is 0. The molecule has 92 valence electrons. The van der Waals surface area contributed by atoms with E-state index in [9.17, 15) is 4.79 Å². The minimum absolute atomic E-state index is 0.0522. The van der Waals surface area contributed by atoms with Crippen molar-refractivity contribution in [2.75, 3.05) is 11.5 Å². The van der Waals surface area contributed by atoms with Crippen LogP contribution >= 0.6 is 0 Å². The van der Waals surface area contributed by atoms with Crippen molar-refractivity contribution in [3.05, 3.63) is 23.8 Å². The average molecular weight is 233 g/mol. The predicted octanol–water partition coefficient (Wildman–Crippen LogP) is 1.91. The van der Waals surface area contributed by atoms with E-state index in [2.05, 4.69) is 5.32 Å². The molecule has 4 nitrogen and oxygen atoms in total. The number of nitrogens with one attached hydrogen (secondary N) is 1. The van der Waals surface area contributed by atoms with Crippen LogP contribution in [0, 0.1) is 0 Å². The maximum Gasteiger partial charge on any atom is 0.251 e. The molecular weight excluding hydrogens is 214 g/mol. The van der Waals surface area contributed by atoms with Gasteiger partial charge in [-0.25, -0.2) is 0 Å². The standard InChI is InChI=1S/C13H19N3O/c14-11-7-6-9(8-12(11)15)13(17)16-10-4-2-1-3-5-10/h6-8,10H,1-5,14-15H2,(H,16,17). The molecule has 0 radical (unpaired) electrons. The summed E-state index contributed by atoms with van der Waals surface area (Å²) in [5.74, 6) is -0.0522. The Morgan fingerprint density at radius 3 is 2.47 bits per heavy atom. The number of hydrogen-bond donors (Lipinski definition) is 3. The maximum absolute atomic E-state index is 12.0. The Morgan fingerprint density at radius 1 is 1.12 bits per heavy atom. The molecule has 0 aromatic heterocycles. The summed E-state index contributed by atoms with van der Waals surface area (Å²) in [6.07, 6.45) is 5.84. The van der Waals surface area contributed by atoms with Crippen LogP contribution in [-0.4, -0.2) is 11.9 Å². The second-order valence-corrected chi connectivity index (χ2v) is 4.65. The number of benzene rings is 1. The van der Waals surface area contributed by atoms with Crippen LogP contribution in [0.4, 0.5) is 11.4 Å². The van der Waals surface area contributed by atoms with Gasteiger partial charge >= 0.3 is 0 Å². The van der Waals surface area contributed by atoms with Gasteiger partial charge < -0.3 is 16.8 Å². The first kappa shape index (κ1) is 11.8. The number of rotatable bonds is 2. The summed E-state index contributed by atoms with van der Waals surface area (Å²) in [5, 5.41) is 3.05. The molecule has 1 aromatic carbocycles. The second kappa shape index (κ2) is 5.08. The molecule has 1 saturated carbocycles. The van der Waals surface area contributed by atoms with E-state index in [0.717, 1.165) is 12.8 Å². The van der Waals surface area contributed by atoms with E-state index in [-0.39, 0.29) is 5.91 Å². The molecule has 0 unspecified atom stereocenters. The Bertz CT molecular complexity index is 411. The van der Waals surface area contributed by atoms with Crippen molar-refractivity contribution < 1.29 is 4.79 Å². The van der Waals surface area contributed by atoms with Gasteiger partial charge in [-0.1, -0.05) is 19.3 Å². The van der Waals surface area contributed by atoms with Crippen molar-refractivity contribution in [2.24, 2.45) is 0 Å². The quantitative estimate of drug-likeness (QED) is 0.682. The SMILES string of the molecule is Nc1ccc(C(=O)NC2CCCCC2)cc1N. The third kappa shape index (κ3) is 2.90. The highest BCUT2D eigenvalue weighted by Gasteiger charge is 2.16. The predicted molar refractivity (Wildman–Crippen MR) is 69.6 cm³/mol. The lowest BCUT2D eigenvalue weighted by atomic mass is 9.95. The Labute approximate surface area is 101 Å². The molecule has 0 atom stereocenters. The Balaban J connectivity index is 2.01. The average Bonchev–Trinajstić information content (AvgIpc) is 2.34. The minimum Gasteiger partial charge on any atom is -0.397 e. The summed E-state index contributed by atoms with van der Waals surface area (Å²) < 4.78 is 0. The molecule has 1 aromatic rings. The van der Waals surface area contributed by atoms with Gasteiger partial charge in [0, 0.05) is 11.6 Å². The van der Waals surface area contributed by atoms with E-state index in [0.29, 0.717) is 23.0 Å². The molecule has 0 spiro atoms. The van der Waals surface area contributed by atoms with E-state index >= 15 is 0 Å². The lowest BCUT2D eigenvalue weighted by Gasteiger charge is -2.22. The number of hydrogen-bond acceptors (Lipinski definition) is 3. The topological polar surface area (TPSA) is 81.1 Å². The van der Waals surface area contributed by atoms with Crippen LogP contribution in [0.3, 0.4) is 0 Å². The number of nitrogens with two attached hydrogens (primary N) is 2. The number of amides is 1. The highest BCUT2D eigenvalue weighted by molar-refractivity contribution is 5.96. The number of anilines is 2. The number of carbonyl (C=O) groups excluding carboxylic acids is 1. The van der Waals surface area contributed by atoms with Crippen LogP contribution in [0.5, 0.6) is 0 Å². The fourth-order valence-corrected chi connectivity index (χ4v) is 2.23. The highest BCUT2D eigenvalue weighted by Crippen LogP contribution is 2.19. The van der Waals surface area contributed by atoms with Gasteiger partial charge in [0.25, 0.3) is 5.91 Å². The van der Waals surface area contributed by atoms with Gasteiger partial charge in [0.1, 0.15) is 0 Å². The molecule has 0 aliphatic heterocycles. The molecule has 4 heteroatoms. The Morgan fingerprint density at radius 2 is 1.82 bits per heavy atom. The van der Waals surface area contributed by atoms with Crippen LogP contribution in [0.2, 0.25) is 0 Å². The van der Waals surface area contributed by atoms with Crippen molar-refractivity contribution in [1.29, 1.82) is 0 Å². The van der Waals surface area contributed by atoms with Crippen LogP contribution in [0.1, 0.15) is 42.5 Å². The first-order valence-electron chi connectivity index (χ1n) is 6.12. The van der Waals surface area contributed by atoms with Crippen molar-refractivity contribution in [3.63, 3.8) is 0 Å². The maximum atomic E-state index is 12.0. The molecule has 1 fully saturated rings. The summed E-state index contributed by atoms with van der Waals surface area (Å²) in [6, 6.07) is 5.33. The van der Waals surface area contributed by atoms with Crippen LogP contribution in [0.25, 0.3) is 0 Å². The molecule has 1 aliphatic carbocycles. The lowest BCUT2D eigenvalue weighted by molar-refractivity contribution is 0.0928. The molecule has 1 amide bonds. The van der Waals surface area contributed by atoms with Crippen LogP contribution in [0.15, 0.2) is 18.2 Å². The van der Waals surface area contributed by atoms with E-state index < -0.39 is 0 Å². The third-order valence-electron chi connectivity index (χ3n) is 3.29. The smallest absolute Gasteiger partial charge is 0.251 e. The first-order valence-corrected chi connectivity index (χ1v) is 6.12. The van der Waals surface area contributed by atoms with Crippen LogP contribution in [-0.2, 0) is 0 Å². The Kier molecular flexibility index (Phi) is 3.52. The molecule has 0 heterocycles. The van der Waals surface area contributed by atoms with E-state index in [1.54, 1.807) is 18.2 Å². The zero-order chi connectivity index (χ0) is 12.3. The van der Waals surface area contributed by atoms with E-state index in [1.165, 1.54) is 19.3 Å². The fraction of sp³-hybridized carbons (Fsp3) is 0.462. The summed E-state index contributed by atoms with van der Waals surface area (Å²) in [5.41, 5.74) is 12.9. The fourth-order valence-electron chi connectivity index (χ4n) is 2.23. The second-order valence-electron chi connectivity index (χ2n) is 4.65. The van der Waals surface area contributed by atoms with Crippen LogP contribution < -0.4 is 16.8 Å². The van der Waals surface area contributed by atoms with Gasteiger partial charge in [0.15, 0.2) is 0 Å². The van der Waals surface area contributed by atoms with E-state index in [4.69, 9.17) is 11.5 Å². The number of nitrogen functional groups attached to an aromatic ring is 2. The molecular formula is C13H19N3O. The molecule has 1 aliphatic rings. The summed E-state index contributed by atoms with van der Waals surface area (Å²) in [4.78, 5) is 12.0. The van der Waals surface area contributed by atoms with Gasteiger partial charge in [-0.3, -0.25) is 4.79 Å². The molecule has 2 rings (SSSR count). The normalized spacial score (nSPS) is 16.7. The Hall–Kier alpha value is -1.71. The summed E-state index contributed by atoms with van der Waals surface area (Å²) in [6.45, 7) is 0.